The van der Waals surface area contributed by atoms with E-state index >= 15 is 0 Å². The summed E-state index contributed by atoms with van der Waals surface area (Å²) in [7, 11) is 0. The molecule has 0 aliphatic heterocycles. The Balaban J connectivity index is 1.62. The molecule has 17 heavy (non-hydrogen) atoms. The summed E-state index contributed by atoms with van der Waals surface area (Å²) in [6.45, 7) is 2.07. The van der Waals surface area contributed by atoms with Crippen molar-refractivity contribution in [1.29, 1.82) is 0 Å². The maximum Gasteiger partial charge on any atom is 0.306 e. The van der Waals surface area contributed by atoms with Crippen LogP contribution in [0.3, 0.4) is 0 Å². The van der Waals surface area contributed by atoms with Crippen molar-refractivity contribution in [1.82, 2.24) is 0 Å². The van der Waals surface area contributed by atoms with Gasteiger partial charge in [0.05, 0.1) is 0 Å². The molecule has 0 heterocycles. The largest absolute Gasteiger partial charge is 0.462 e. The highest BCUT2D eigenvalue weighted by Gasteiger charge is 2.24. The first-order valence-corrected chi connectivity index (χ1v) is 7.45. The van der Waals surface area contributed by atoms with E-state index in [1.165, 1.54) is 51.4 Å². The predicted molar refractivity (Wildman–Crippen MR) is 68.7 cm³/mol. The van der Waals surface area contributed by atoms with Gasteiger partial charge in [-0.2, -0.15) is 0 Å². The van der Waals surface area contributed by atoms with E-state index in [-0.39, 0.29) is 12.1 Å². The Morgan fingerprint density at radius 3 is 2.35 bits per heavy atom. The van der Waals surface area contributed by atoms with Gasteiger partial charge in [-0.3, -0.25) is 4.79 Å². The van der Waals surface area contributed by atoms with Crippen molar-refractivity contribution in [3.05, 3.63) is 0 Å². The summed E-state index contributed by atoms with van der Waals surface area (Å²) < 4.78 is 5.56. The normalized spacial score (nSPS) is 24.1. The quantitative estimate of drug-likeness (QED) is 0.675. The summed E-state index contributed by atoms with van der Waals surface area (Å²) >= 11 is 0. The molecule has 0 bridgehead atoms. The van der Waals surface area contributed by atoms with Gasteiger partial charge < -0.3 is 4.74 Å². The zero-order valence-electron chi connectivity index (χ0n) is 11.1. The molecule has 98 valence electrons. The average molecular weight is 238 g/mol. The Morgan fingerprint density at radius 1 is 1.12 bits per heavy atom. The van der Waals surface area contributed by atoms with Gasteiger partial charge in [-0.15, -0.1) is 0 Å². The highest BCUT2D eigenvalue weighted by Crippen LogP contribution is 2.30. The fourth-order valence-electron chi connectivity index (χ4n) is 3.41. The SMILES string of the molecule is CC(OC(=O)CCC1CCCC1)C1CCCC1. The third-order valence-electron chi connectivity index (χ3n) is 4.61. The lowest BCUT2D eigenvalue weighted by Gasteiger charge is -2.19. The molecule has 1 unspecified atom stereocenters. The third-order valence-corrected chi connectivity index (χ3v) is 4.61. The van der Waals surface area contributed by atoms with Crippen LogP contribution in [0.4, 0.5) is 0 Å². The molecule has 0 aromatic carbocycles. The van der Waals surface area contributed by atoms with E-state index in [0.717, 1.165) is 12.3 Å². The van der Waals surface area contributed by atoms with Crippen LogP contribution in [-0.4, -0.2) is 12.1 Å². The summed E-state index contributed by atoms with van der Waals surface area (Å²) in [4.78, 5) is 11.7. The Hall–Kier alpha value is -0.530. The molecule has 0 aromatic heterocycles. The second-order valence-corrected chi connectivity index (χ2v) is 5.93. The van der Waals surface area contributed by atoms with Gasteiger partial charge in [0.2, 0.25) is 0 Å². The smallest absolute Gasteiger partial charge is 0.306 e. The molecule has 2 heteroatoms. The van der Waals surface area contributed by atoms with Crippen molar-refractivity contribution < 1.29 is 9.53 Å². The van der Waals surface area contributed by atoms with Crippen molar-refractivity contribution in [3.63, 3.8) is 0 Å². The molecule has 1 atom stereocenters. The summed E-state index contributed by atoms with van der Waals surface area (Å²) in [5.41, 5.74) is 0. The zero-order valence-corrected chi connectivity index (χ0v) is 11.1. The molecular weight excluding hydrogens is 212 g/mol. The monoisotopic (exact) mass is 238 g/mol. The first-order chi connectivity index (χ1) is 8.25. The van der Waals surface area contributed by atoms with Gasteiger partial charge in [0.25, 0.3) is 0 Å². The lowest BCUT2D eigenvalue weighted by molar-refractivity contribution is -0.151. The van der Waals surface area contributed by atoms with Gasteiger partial charge >= 0.3 is 5.97 Å². The van der Waals surface area contributed by atoms with E-state index < -0.39 is 0 Å². The van der Waals surface area contributed by atoms with Crippen LogP contribution in [0.25, 0.3) is 0 Å². The number of carbonyl (C=O) groups excluding carboxylic acids is 1. The minimum atomic E-state index is 0.0382. The van der Waals surface area contributed by atoms with Gasteiger partial charge in [0.1, 0.15) is 6.10 Å². The van der Waals surface area contributed by atoms with Crippen LogP contribution < -0.4 is 0 Å². The van der Waals surface area contributed by atoms with Crippen molar-refractivity contribution in [2.24, 2.45) is 11.8 Å². The molecule has 0 amide bonds. The second kappa shape index (κ2) is 6.42. The molecule has 0 radical (unpaired) electrons. The molecule has 0 spiro atoms. The molecule has 2 rings (SSSR count). The number of esters is 1. The van der Waals surface area contributed by atoms with E-state index in [9.17, 15) is 4.79 Å². The maximum absolute atomic E-state index is 11.7. The van der Waals surface area contributed by atoms with E-state index in [1.54, 1.807) is 0 Å². The van der Waals surface area contributed by atoms with E-state index in [2.05, 4.69) is 6.92 Å². The molecule has 2 saturated carbocycles. The predicted octanol–water partition coefficient (Wildman–Crippen LogP) is 4.08. The van der Waals surface area contributed by atoms with Crippen LogP contribution in [0.5, 0.6) is 0 Å². The van der Waals surface area contributed by atoms with E-state index in [1.807, 2.05) is 0 Å². The number of carbonyl (C=O) groups is 1. The minimum absolute atomic E-state index is 0.0382. The van der Waals surface area contributed by atoms with Crippen molar-refractivity contribution >= 4 is 5.97 Å². The maximum atomic E-state index is 11.7. The van der Waals surface area contributed by atoms with Gasteiger partial charge in [-0.05, 0) is 38.0 Å². The fraction of sp³-hybridized carbons (Fsp3) is 0.933. The number of rotatable bonds is 5. The molecule has 2 aliphatic carbocycles. The van der Waals surface area contributed by atoms with Crippen molar-refractivity contribution in [3.8, 4) is 0 Å². The van der Waals surface area contributed by atoms with Crippen molar-refractivity contribution in [2.45, 2.75) is 77.2 Å². The van der Waals surface area contributed by atoms with Gasteiger partial charge in [0.15, 0.2) is 0 Å². The standard InChI is InChI=1S/C15H26O2/c1-12(14-8-4-5-9-14)17-15(16)11-10-13-6-2-3-7-13/h12-14H,2-11H2,1H3. The lowest BCUT2D eigenvalue weighted by atomic mass is 10.0. The van der Waals surface area contributed by atoms with Crippen LogP contribution in [0.1, 0.15) is 71.1 Å². The number of hydrogen-bond acceptors (Lipinski definition) is 2. The molecular formula is C15H26O2. The van der Waals surface area contributed by atoms with E-state index in [0.29, 0.717) is 12.3 Å². The summed E-state index contributed by atoms with van der Waals surface area (Å²) in [6, 6.07) is 0. The zero-order chi connectivity index (χ0) is 12.1. The van der Waals surface area contributed by atoms with Crippen LogP contribution in [0, 0.1) is 11.8 Å². The van der Waals surface area contributed by atoms with Gasteiger partial charge in [0, 0.05) is 6.42 Å². The highest BCUT2D eigenvalue weighted by molar-refractivity contribution is 5.69. The van der Waals surface area contributed by atoms with Crippen LogP contribution >= 0.6 is 0 Å². The molecule has 0 N–H and O–H groups in total. The first kappa shape index (κ1) is 12.9. The fourth-order valence-corrected chi connectivity index (χ4v) is 3.41. The topological polar surface area (TPSA) is 26.3 Å². The van der Waals surface area contributed by atoms with Gasteiger partial charge in [-0.25, -0.2) is 0 Å². The first-order valence-electron chi connectivity index (χ1n) is 7.45. The van der Waals surface area contributed by atoms with Gasteiger partial charge in [-0.1, -0.05) is 38.5 Å². The molecule has 2 nitrogen and oxygen atoms in total. The van der Waals surface area contributed by atoms with Crippen molar-refractivity contribution in [2.75, 3.05) is 0 Å². The Kier molecular flexibility index (Phi) is 4.87. The Morgan fingerprint density at radius 2 is 1.71 bits per heavy atom. The second-order valence-electron chi connectivity index (χ2n) is 5.93. The Bertz CT molecular complexity index is 237. The minimum Gasteiger partial charge on any atom is -0.462 e. The van der Waals surface area contributed by atoms with E-state index in [4.69, 9.17) is 4.74 Å². The third kappa shape index (κ3) is 4.01. The van der Waals surface area contributed by atoms with Crippen LogP contribution in [0.2, 0.25) is 0 Å². The lowest BCUT2D eigenvalue weighted by Crippen LogP contribution is -2.22. The highest BCUT2D eigenvalue weighted by atomic mass is 16.5. The summed E-state index contributed by atoms with van der Waals surface area (Å²) in [5, 5.41) is 0. The molecule has 0 saturated heterocycles. The molecule has 2 fully saturated rings. The summed E-state index contributed by atoms with van der Waals surface area (Å²) in [5.74, 6) is 1.46. The average Bonchev–Trinajstić information content (AvgIpc) is 2.99. The summed E-state index contributed by atoms with van der Waals surface area (Å²) in [6.07, 6.45) is 12.3. The van der Waals surface area contributed by atoms with Crippen LogP contribution in [0.15, 0.2) is 0 Å². The number of hydrogen-bond donors (Lipinski definition) is 0. The number of ether oxygens (including phenoxy) is 1. The molecule has 2 aliphatic rings. The Labute approximate surface area is 105 Å². The van der Waals surface area contributed by atoms with Crippen LogP contribution in [-0.2, 0) is 9.53 Å². The molecule has 0 aromatic rings.